The van der Waals surface area contributed by atoms with Crippen LogP contribution < -0.4 is 16.4 Å². The molecular formula is C13H15Cl2N3O3. The van der Waals surface area contributed by atoms with E-state index in [-0.39, 0.29) is 12.3 Å². The number of amides is 1. The summed E-state index contributed by atoms with van der Waals surface area (Å²) in [5.74, 6) is -1.39. The van der Waals surface area contributed by atoms with Gasteiger partial charge >= 0.3 is 5.97 Å². The van der Waals surface area contributed by atoms with Gasteiger partial charge in [-0.15, -0.1) is 0 Å². The molecule has 0 aromatic heterocycles. The maximum absolute atomic E-state index is 11.8. The number of fused-ring (bicyclic) bond motifs is 1. The minimum Gasteiger partial charge on any atom is -0.480 e. The molecule has 0 spiro atoms. The van der Waals surface area contributed by atoms with Gasteiger partial charge in [-0.3, -0.25) is 4.79 Å². The molecule has 1 heterocycles. The average molecular weight is 332 g/mol. The van der Waals surface area contributed by atoms with E-state index in [2.05, 4.69) is 10.6 Å². The minimum absolute atomic E-state index is 0.169. The van der Waals surface area contributed by atoms with Crippen LogP contribution in [0.25, 0.3) is 0 Å². The lowest BCUT2D eigenvalue weighted by molar-refractivity contribution is -0.138. The van der Waals surface area contributed by atoms with Crippen LogP contribution in [0.1, 0.15) is 24.9 Å². The molecule has 0 saturated carbocycles. The fraction of sp³-hybridized carbons (Fsp3) is 0.385. The first-order chi connectivity index (χ1) is 9.79. The quantitative estimate of drug-likeness (QED) is 0.675. The lowest BCUT2D eigenvalue weighted by atomic mass is 9.92. The number of hydrogen-bond donors (Lipinski definition) is 4. The number of nitrogens with one attached hydrogen (secondary N) is 2. The van der Waals surface area contributed by atoms with E-state index in [9.17, 15) is 14.7 Å². The predicted octanol–water partition coefficient (Wildman–Crippen LogP) is 1.77. The Kier molecular flexibility index (Phi) is 4.61. The van der Waals surface area contributed by atoms with E-state index in [0.717, 1.165) is 0 Å². The first-order valence-corrected chi connectivity index (χ1v) is 7.09. The van der Waals surface area contributed by atoms with Crippen molar-refractivity contribution in [2.24, 2.45) is 5.73 Å². The average Bonchev–Trinajstić information content (AvgIpc) is 2.36. The van der Waals surface area contributed by atoms with Crippen LogP contribution in [0, 0.1) is 0 Å². The summed E-state index contributed by atoms with van der Waals surface area (Å²) in [5.41, 5.74) is 6.65. The normalized spacial score (nSPS) is 21.9. The SMILES string of the molecule is CC(N)C(=O)NC1CC(C(=O)O)Nc2cc(Cl)cc(Cl)c21. The molecule has 1 aliphatic rings. The molecule has 0 radical (unpaired) electrons. The molecule has 0 bridgehead atoms. The molecule has 1 amide bonds. The largest absolute Gasteiger partial charge is 0.480 e. The molecule has 0 fully saturated rings. The Hall–Kier alpha value is -1.50. The number of benzene rings is 1. The van der Waals surface area contributed by atoms with E-state index in [1.165, 1.54) is 0 Å². The molecule has 3 unspecified atom stereocenters. The Morgan fingerprint density at radius 1 is 1.48 bits per heavy atom. The Bertz CT molecular complexity index is 592. The molecule has 0 aliphatic carbocycles. The van der Waals surface area contributed by atoms with Gasteiger partial charge in [-0.05, 0) is 19.1 Å². The van der Waals surface area contributed by atoms with Crippen LogP contribution in [-0.4, -0.2) is 29.1 Å². The summed E-state index contributed by atoms with van der Waals surface area (Å²) in [5, 5.41) is 15.5. The third-order valence-electron chi connectivity index (χ3n) is 3.27. The van der Waals surface area contributed by atoms with E-state index in [1.54, 1.807) is 19.1 Å². The summed E-state index contributed by atoms with van der Waals surface area (Å²) in [6, 6.07) is 1.06. The lowest BCUT2D eigenvalue weighted by Gasteiger charge is -2.32. The smallest absolute Gasteiger partial charge is 0.326 e. The van der Waals surface area contributed by atoms with Gasteiger partial charge in [-0.2, -0.15) is 0 Å². The van der Waals surface area contributed by atoms with Crippen molar-refractivity contribution >= 4 is 40.8 Å². The molecule has 8 heteroatoms. The predicted molar refractivity (Wildman–Crippen MR) is 80.7 cm³/mol. The molecule has 21 heavy (non-hydrogen) atoms. The summed E-state index contributed by atoms with van der Waals surface area (Å²) < 4.78 is 0. The van der Waals surface area contributed by atoms with E-state index in [4.69, 9.17) is 28.9 Å². The second-order valence-corrected chi connectivity index (χ2v) is 5.81. The van der Waals surface area contributed by atoms with Crippen LogP contribution in [-0.2, 0) is 9.59 Å². The van der Waals surface area contributed by atoms with Gasteiger partial charge in [-0.1, -0.05) is 23.2 Å². The van der Waals surface area contributed by atoms with Gasteiger partial charge in [-0.25, -0.2) is 4.79 Å². The van der Waals surface area contributed by atoms with Gasteiger partial charge in [0, 0.05) is 27.7 Å². The number of anilines is 1. The lowest BCUT2D eigenvalue weighted by Crippen LogP contribution is -2.45. The van der Waals surface area contributed by atoms with Gasteiger partial charge in [0.05, 0.1) is 12.1 Å². The summed E-state index contributed by atoms with van der Waals surface area (Å²) in [6.45, 7) is 1.55. The first kappa shape index (κ1) is 15.9. The van der Waals surface area contributed by atoms with E-state index >= 15 is 0 Å². The number of aliphatic carboxylic acids is 1. The van der Waals surface area contributed by atoms with Gasteiger partial charge in [0.2, 0.25) is 5.91 Å². The maximum Gasteiger partial charge on any atom is 0.326 e. The Morgan fingerprint density at radius 3 is 2.71 bits per heavy atom. The van der Waals surface area contributed by atoms with Crippen LogP contribution >= 0.6 is 23.2 Å². The molecule has 1 aromatic rings. The standard InChI is InChI=1S/C13H15Cl2N3O3/c1-5(16)12(19)18-9-4-10(13(20)21)17-8-3-6(14)2-7(15)11(8)9/h2-3,5,9-10,17H,4,16H2,1H3,(H,18,19)(H,20,21). The van der Waals surface area contributed by atoms with Crippen LogP contribution in [0.5, 0.6) is 0 Å². The number of nitrogens with two attached hydrogens (primary N) is 1. The van der Waals surface area contributed by atoms with Crippen LogP contribution in [0.15, 0.2) is 12.1 Å². The molecule has 6 nitrogen and oxygen atoms in total. The molecular weight excluding hydrogens is 317 g/mol. The Morgan fingerprint density at radius 2 is 2.14 bits per heavy atom. The topological polar surface area (TPSA) is 104 Å². The van der Waals surface area contributed by atoms with Crippen molar-refractivity contribution in [3.63, 3.8) is 0 Å². The highest BCUT2D eigenvalue weighted by Crippen LogP contribution is 2.39. The molecule has 5 N–H and O–H groups in total. The number of carboxylic acids is 1. The Balaban J connectivity index is 2.41. The van der Waals surface area contributed by atoms with Crippen molar-refractivity contribution < 1.29 is 14.7 Å². The first-order valence-electron chi connectivity index (χ1n) is 6.34. The zero-order chi connectivity index (χ0) is 15.7. The van der Waals surface area contributed by atoms with E-state index < -0.39 is 24.1 Å². The van der Waals surface area contributed by atoms with Crippen molar-refractivity contribution in [2.45, 2.75) is 31.5 Å². The monoisotopic (exact) mass is 331 g/mol. The zero-order valence-electron chi connectivity index (χ0n) is 11.2. The highest BCUT2D eigenvalue weighted by Gasteiger charge is 2.33. The second kappa shape index (κ2) is 6.09. The van der Waals surface area contributed by atoms with Crippen molar-refractivity contribution in [1.29, 1.82) is 0 Å². The van der Waals surface area contributed by atoms with Crippen LogP contribution in [0.2, 0.25) is 10.0 Å². The summed E-state index contributed by atoms with van der Waals surface area (Å²) >= 11 is 12.1. The summed E-state index contributed by atoms with van der Waals surface area (Å²) in [6.07, 6.45) is 0.169. The van der Waals surface area contributed by atoms with Crippen LogP contribution in [0.4, 0.5) is 5.69 Å². The number of rotatable bonds is 3. The maximum atomic E-state index is 11.8. The van der Waals surface area contributed by atoms with E-state index in [1.807, 2.05) is 0 Å². The molecule has 1 aliphatic heterocycles. The zero-order valence-corrected chi connectivity index (χ0v) is 12.7. The van der Waals surface area contributed by atoms with Gasteiger partial charge in [0.1, 0.15) is 6.04 Å². The molecule has 2 rings (SSSR count). The summed E-state index contributed by atoms with van der Waals surface area (Å²) in [4.78, 5) is 23.0. The van der Waals surface area contributed by atoms with Gasteiger partial charge in [0.25, 0.3) is 0 Å². The van der Waals surface area contributed by atoms with Crippen molar-refractivity contribution in [1.82, 2.24) is 5.32 Å². The number of carbonyl (C=O) groups excluding carboxylic acids is 1. The van der Waals surface area contributed by atoms with E-state index in [0.29, 0.717) is 21.3 Å². The molecule has 0 saturated heterocycles. The minimum atomic E-state index is -1.02. The molecule has 3 atom stereocenters. The third kappa shape index (κ3) is 3.40. The highest BCUT2D eigenvalue weighted by atomic mass is 35.5. The number of halogens is 2. The number of carboxylic acid groups (broad SMARTS) is 1. The van der Waals surface area contributed by atoms with Gasteiger partial charge in [0.15, 0.2) is 0 Å². The third-order valence-corrected chi connectivity index (χ3v) is 3.80. The highest BCUT2D eigenvalue weighted by molar-refractivity contribution is 6.35. The molecule has 1 aromatic carbocycles. The van der Waals surface area contributed by atoms with Crippen molar-refractivity contribution in [3.8, 4) is 0 Å². The number of carbonyl (C=O) groups is 2. The number of hydrogen-bond acceptors (Lipinski definition) is 4. The van der Waals surface area contributed by atoms with Gasteiger partial charge < -0.3 is 21.5 Å². The van der Waals surface area contributed by atoms with Crippen molar-refractivity contribution in [2.75, 3.05) is 5.32 Å². The second-order valence-electron chi connectivity index (χ2n) is 4.97. The summed E-state index contributed by atoms with van der Waals surface area (Å²) in [7, 11) is 0. The van der Waals surface area contributed by atoms with Crippen LogP contribution in [0.3, 0.4) is 0 Å². The Labute approximate surface area is 131 Å². The molecule has 114 valence electrons. The fourth-order valence-corrected chi connectivity index (χ4v) is 2.88. The fourth-order valence-electron chi connectivity index (χ4n) is 2.26. The van der Waals surface area contributed by atoms with Crippen molar-refractivity contribution in [3.05, 3.63) is 27.7 Å².